The monoisotopic (exact) mass is 244 g/mol. The Morgan fingerprint density at radius 3 is 1.76 bits per heavy atom. The Balaban J connectivity index is 1.40. The highest BCUT2D eigenvalue weighted by Crippen LogP contribution is 2.26. The van der Waals surface area contributed by atoms with Crippen LogP contribution < -0.4 is 0 Å². The summed E-state index contributed by atoms with van der Waals surface area (Å²) in [5.74, 6) is 0. The van der Waals surface area contributed by atoms with E-state index in [1.807, 2.05) is 0 Å². The number of hydrogen-bond donors (Lipinski definition) is 1. The Kier molecular flexibility index (Phi) is 3.63. The van der Waals surface area contributed by atoms with E-state index < -0.39 is 0 Å². The molecule has 0 bridgehead atoms. The molecule has 1 N–H and O–H groups in total. The van der Waals surface area contributed by atoms with E-state index in [9.17, 15) is 5.11 Å². The molecule has 0 aromatic rings. The van der Waals surface area contributed by atoms with Crippen LogP contribution in [-0.4, -0.2) is 62.1 Å². The molecule has 3 rings (SSSR count). The van der Waals surface area contributed by atoms with Crippen LogP contribution in [0, 0.1) is 0 Å². The van der Waals surface area contributed by atoms with Crippen LogP contribution in [0.5, 0.6) is 0 Å². The number of epoxide rings is 2. The lowest BCUT2D eigenvalue weighted by molar-refractivity contribution is -0.0860. The predicted octanol–water partition coefficient (Wildman–Crippen LogP) is 0.0992. The summed E-state index contributed by atoms with van der Waals surface area (Å²) < 4.78 is 21.7. The van der Waals surface area contributed by atoms with E-state index in [2.05, 4.69) is 0 Å². The van der Waals surface area contributed by atoms with E-state index in [1.165, 1.54) is 0 Å². The van der Waals surface area contributed by atoms with Crippen molar-refractivity contribution in [3.8, 4) is 0 Å². The quantitative estimate of drug-likeness (QED) is 0.671. The molecule has 0 radical (unpaired) electrons. The molecule has 3 fully saturated rings. The van der Waals surface area contributed by atoms with Crippen LogP contribution in [0.1, 0.15) is 19.3 Å². The first-order valence-corrected chi connectivity index (χ1v) is 6.44. The van der Waals surface area contributed by atoms with Crippen molar-refractivity contribution in [3.05, 3.63) is 0 Å². The van der Waals surface area contributed by atoms with E-state index >= 15 is 0 Å². The van der Waals surface area contributed by atoms with Gasteiger partial charge in [0.2, 0.25) is 0 Å². The molecule has 1 saturated carbocycles. The minimum absolute atomic E-state index is 0.105. The van der Waals surface area contributed by atoms with E-state index in [4.69, 9.17) is 18.9 Å². The molecule has 2 saturated heterocycles. The molecular formula is C12H20O5. The Labute approximate surface area is 101 Å². The molecule has 5 heteroatoms. The number of aliphatic hydroxyl groups is 1. The molecule has 0 aromatic carbocycles. The zero-order valence-electron chi connectivity index (χ0n) is 9.92. The summed E-state index contributed by atoms with van der Waals surface area (Å²) in [6.07, 6.45) is 2.77. The normalized spacial score (nSPS) is 44.6. The summed E-state index contributed by atoms with van der Waals surface area (Å²) in [7, 11) is 0. The van der Waals surface area contributed by atoms with Gasteiger partial charge in [-0.3, -0.25) is 0 Å². The maximum atomic E-state index is 9.79. The maximum absolute atomic E-state index is 9.79. The van der Waals surface area contributed by atoms with Crippen LogP contribution in [0.25, 0.3) is 0 Å². The molecule has 2 heterocycles. The molecule has 3 aliphatic rings. The second-order valence-corrected chi connectivity index (χ2v) is 5.18. The van der Waals surface area contributed by atoms with Crippen molar-refractivity contribution in [3.63, 3.8) is 0 Å². The van der Waals surface area contributed by atoms with Gasteiger partial charge in [0, 0.05) is 0 Å². The van der Waals surface area contributed by atoms with E-state index in [0.29, 0.717) is 26.1 Å². The lowest BCUT2D eigenvalue weighted by Gasteiger charge is -2.32. The third-order valence-electron chi connectivity index (χ3n) is 3.44. The molecule has 0 spiro atoms. The summed E-state index contributed by atoms with van der Waals surface area (Å²) in [4.78, 5) is 0. The van der Waals surface area contributed by atoms with Crippen LogP contribution in [0.2, 0.25) is 0 Å². The second kappa shape index (κ2) is 5.20. The summed E-state index contributed by atoms with van der Waals surface area (Å²) in [5, 5.41) is 9.79. The fraction of sp³-hybridized carbons (Fsp3) is 1.00. The number of rotatable bonds is 6. The van der Waals surface area contributed by atoms with Gasteiger partial charge >= 0.3 is 0 Å². The minimum atomic E-state index is -0.306. The predicted molar refractivity (Wildman–Crippen MR) is 58.8 cm³/mol. The minimum Gasteiger partial charge on any atom is -0.393 e. The van der Waals surface area contributed by atoms with Gasteiger partial charge in [-0.2, -0.15) is 0 Å². The average molecular weight is 244 g/mol. The van der Waals surface area contributed by atoms with Crippen molar-refractivity contribution in [2.24, 2.45) is 0 Å². The number of ether oxygens (including phenoxy) is 4. The Morgan fingerprint density at radius 2 is 1.35 bits per heavy atom. The molecule has 17 heavy (non-hydrogen) atoms. The Morgan fingerprint density at radius 1 is 0.882 bits per heavy atom. The first-order chi connectivity index (χ1) is 8.29. The highest BCUT2D eigenvalue weighted by molar-refractivity contribution is 4.82. The van der Waals surface area contributed by atoms with Crippen molar-refractivity contribution >= 4 is 0 Å². The van der Waals surface area contributed by atoms with Gasteiger partial charge in [0.25, 0.3) is 0 Å². The van der Waals surface area contributed by atoms with E-state index in [-0.39, 0.29) is 30.5 Å². The third kappa shape index (κ3) is 3.89. The SMILES string of the molecule is OC1CC(OCC2CO2)CC(OCC2CO2)C1. The molecule has 98 valence electrons. The van der Waals surface area contributed by atoms with Gasteiger partial charge in [0.15, 0.2) is 0 Å². The van der Waals surface area contributed by atoms with Crippen molar-refractivity contribution in [1.29, 1.82) is 0 Å². The van der Waals surface area contributed by atoms with Gasteiger partial charge in [0.05, 0.1) is 44.7 Å². The van der Waals surface area contributed by atoms with Gasteiger partial charge < -0.3 is 24.1 Å². The highest BCUT2D eigenvalue weighted by Gasteiger charge is 2.32. The first kappa shape index (κ1) is 11.9. The molecule has 1 aliphatic carbocycles. The third-order valence-corrected chi connectivity index (χ3v) is 3.44. The molecule has 0 aromatic heterocycles. The summed E-state index contributed by atoms with van der Waals surface area (Å²) >= 11 is 0. The van der Waals surface area contributed by atoms with E-state index in [1.54, 1.807) is 0 Å². The van der Waals surface area contributed by atoms with Gasteiger partial charge in [-0.05, 0) is 19.3 Å². The van der Waals surface area contributed by atoms with Gasteiger partial charge in [-0.15, -0.1) is 0 Å². The molecular weight excluding hydrogens is 224 g/mol. The van der Waals surface area contributed by atoms with Gasteiger partial charge in [0.1, 0.15) is 12.2 Å². The second-order valence-electron chi connectivity index (χ2n) is 5.18. The van der Waals surface area contributed by atoms with Crippen molar-refractivity contribution in [2.45, 2.75) is 49.8 Å². The summed E-state index contributed by atoms with van der Waals surface area (Å²) in [6, 6.07) is 0. The number of hydrogen-bond acceptors (Lipinski definition) is 5. The lowest BCUT2D eigenvalue weighted by atomic mass is 9.92. The number of aliphatic hydroxyl groups excluding tert-OH is 1. The van der Waals surface area contributed by atoms with Crippen molar-refractivity contribution in [2.75, 3.05) is 26.4 Å². The Bertz CT molecular complexity index is 227. The zero-order chi connectivity index (χ0) is 11.7. The zero-order valence-corrected chi connectivity index (χ0v) is 9.92. The molecule has 4 atom stereocenters. The smallest absolute Gasteiger partial charge is 0.104 e. The summed E-state index contributed by atoms with van der Waals surface area (Å²) in [5.41, 5.74) is 0. The topological polar surface area (TPSA) is 63.8 Å². The summed E-state index contributed by atoms with van der Waals surface area (Å²) in [6.45, 7) is 2.92. The first-order valence-electron chi connectivity index (χ1n) is 6.44. The molecule has 2 aliphatic heterocycles. The van der Waals surface area contributed by atoms with E-state index in [0.717, 1.165) is 19.6 Å². The van der Waals surface area contributed by atoms with Crippen LogP contribution in [0.4, 0.5) is 0 Å². The molecule has 4 unspecified atom stereocenters. The molecule has 0 amide bonds. The average Bonchev–Trinajstić information content (AvgIpc) is 3.15. The van der Waals surface area contributed by atoms with Crippen LogP contribution >= 0.6 is 0 Å². The lowest BCUT2D eigenvalue weighted by Crippen LogP contribution is -2.37. The van der Waals surface area contributed by atoms with Gasteiger partial charge in [-0.25, -0.2) is 0 Å². The Hall–Kier alpha value is -0.200. The maximum Gasteiger partial charge on any atom is 0.104 e. The molecule has 5 nitrogen and oxygen atoms in total. The standard InChI is InChI=1S/C12H20O5/c13-8-1-9(14-4-11-6-16-11)3-10(2-8)15-5-12-7-17-12/h8-13H,1-7H2. The van der Waals surface area contributed by atoms with Crippen LogP contribution in [0.3, 0.4) is 0 Å². The fourth-order valence-corrected chi connectivity index (χ4v) is 2.28. The van der Waals surface area contributed by atoms with Crippen LogP contribution in [0.15, 0.2) is 0 Å². The fourth-order valence-electron chi connectivity index (χ4n) is 2.28. The van der Waals surface area contributed by atoms with Crippen molar-refractivity contribution < 1.29 is 24.1 Å². The van der Waals surface area contributed by atoms with Crippen molar-refractivity contribution in [1.82, 2.24) is 0 Å². The van der Waals surface area contributed by atoms with Gasteiger partial charge in [-0.1, -0.05) is 0 Å². The van der Waals surface area contributed by atoms with Crippen LogP contribution in [-0.2, 0) is 18.9 Å². The largest absolute Gasteiger partial charge is 0.393 e. The highest BCUT2D eigenvalue weighted by atomic mass is 16.6.